The second-order valence-corrected chi connectivity index (χ2v) is 11.4. The van der Waals surface area contributed by atoms with Gasteiger partial charge in [-0.05, 0) is 66.8 Å². The number of ether oxygens (including phenoxy) is 2. The fraction of sp³-hybridized carbons (Fsp3) is 0.300. The van der Waals surface area contributed by atoms with Gasteiger partial charge in [-0.15, -0.1) is 16.8 Å². The highest BCUT2D eigenvalue weighted by molar-refractivity contribution is 8.01. The molecule has 1 heterocycles. The number of nitrogens with zero attached hydrogens (tertiary/aromatic N) is 1. The Morgan fingerprint density at radius 3 is 2.29 bits per heavy atom. The Labute approximate surface area is 227 Å². The number of hydrogen-bond donors (Lipinski definition) is 0. The molecule has 0 N–H and O–H groups in total. The van der Waals surface area contributed by atoms with Gasteiger partial charge < -0.3 is 14.3 Å². The molecule has 198 valence electrons. The zero-order valence-corrected chi connectivity index (χ0v) is 22.7. The van der Waals surface area contributed by atoms with Gasteiger partial charge in [0.05, 0.1) is 29.5 Å². The van der Waals surface area contributed by atoms with E-state index in [0.29, 0.717) is 17.9 Å². The summed E-state index contributed by atoms with van der Waals surface area (Å²) in [4.78, 5) is 45.0. The Morgan fingerprint density at radius 2 is 1.63 bits per heavy atom. The summed E-state index contributed by atoms with van der Waals surface area (Å²) in [5, 5.41) is 0.513. The summed E-state index contributed by atoms with van der Waals surface area (Å²) in [6.45, 7) is 7.71. The lowest BCUT2D eigenvalue weighted by Gasteiger charge is -2.32. The highest BCUT2D eigenvalue weighted by Crippen LogP contribution is 2.41. The molecule has 0 fully saturated rings. The topological polar surface area (TPSA) is 82.1 Å². The quantitative estimate of drug-likeness (QED) is 0.302. The summed E-state index contributed by atoms with van der Waals surface area (Å²) in [6.07, 6.45) is 0.547. The number of carbonyl (C=O) groups is 3. The van der Waals surface area contributed by atoms with Crippen molar-refractivity contribution in [3.8, 4) is 11.5 Å². The number of amides is 1. The van der Waals surface area contributed by atoms with Crippen molar-refractivity contribution in [3.05, 3.63) is 83.9 Å². The lowest BCUT2D eigenvalue weighted by Crippen LogP contribution is -2.43. The largest absolute Gasteiger partial charge is 0.462 e. The second-order valence-electron chi connectivity index (χ2n) is 10.1. The van der Waals surface area contributed by atoms with Gasteiger partial charge in [-0.25, -0.2) is 9.59 Å². The van der Waals surface area contributed by atoms with Crippen molar-refractivity contribution in [1.82, 2.24) is 0 Å². The molecular formula is C30H31NO6S. The zero-order valence-electron chi connectivity index (χ0n) is 21.9. The van der Waals surface area contributed by atoms with Gasteiger partial charge in [-0.3, -0.25) is 4.79 Å². The van der Waals surface area contributed by atoms with Gasteiger partial charge in [-0.2, -0.15) is 0 Å². The van der Waals surface area contributed by atoms with Crippen molar-refractivity contribution in [2.24, 2.45) is 5.41 Å². The van der Waals surface area contributed by atoms with Crippen LogP contribution >= 0.6 is 11.8 Å². The Balaban J connectivity index is 1.56. The van der Waals surface area contributed by atoms with E-state index >= 15 is 0 Å². The summed E-state index contributed by atoms with van der Waals surface area (Å²) in [5.41, 5.74) is 1.26. The zero-order chi connectivity index (χ0) is 27.3. The first kappa shape index (κ1) is 27.3. The van der Waals surface area contributed by atoms with Crippen LogP contribution in [0.15, 0.2) is 77.7 Å². The third-order valence-electron chi connectivity index (χ3n) is 5.62. The third-order valence-corrected chi connectivity index (χ3v) is 6.88. The number of para-hydroxylation sites is 1. The van der Waals surface area contributed by atoms with Gasteiger partial charge in [-0.1, -0.05) is 51.1 Å². The van der Waals surface area contributed by atoms with Crippen molar-refractivity contribution in [3.63, 3.8) is 0 Å². The van der Waals surface area contributed by atoms with Crippen LogP contribution in [0.5, 0.6) is 11.5 Å². The first-order valence-electron chi connectivity index (χ1n) is 12.5. The molecule has 1 atom stereocenters. The van der Waals surface area contributed by atoms with E-state index in [2.05, 4.69) is 0 Å². The van der Waals surface area contributed by atoms with Gasteiger partial charge in [0, 0.05) is 4.90 Å². The lowest BCUT2D eigenvalue weighted by atomic mass is 9.93. The van der Waals surface area contributed by atoms with Gasteiger partial charge in [0.2, 0.25) is 0 Å². The number of benzene rings is 3. The van der Waals surface area contributed by atoms with E-state index < -0.39 is 17.2 Å². The number of hydroxylamine groups is 1. The maximum atomic E-state index is 13.6. The average Bonchev–Trinajstić information content (AvgIpc) is 2.87. The predicted molar refractivity (Wildman–Crippen MR) is 146 cm³/mol. The molecule has 3 aromatic carbocycles. The first-order chi connectivity index (χ1) is 18.1. The Bertz CT molecular complexity index is 1300. The molecule has 0 radical (unpaired) electrons. The van der Waals surface area contributed by atoms with E-state index in [0.717, 1.165) is 21.3 Å². The molecule has 4 rings (SSSR count). The Kier molecular flexibility index (Phi) is 8.42. The molecule has 1 amide bonds. The molecule has 8 heteroatoms. The van der Waals surface area contributed by atoms with Crippen LogP contribution in [0.2, 0.25) is 0 Å². The van der Waals surface area contributed by atoms with E-state index in [4.69, 9.17) is 14.3 Å². The summed E-state index contributed by atoms with van der Waals surface area (Å²) in [5.74, 6) is 0.0392. The van der Waals surface area contributed by atoms with Gasteiger partial charge >= 0.3 is 11.9 Å². The minimum absolute atomic E-state index is 0.129. The van der Waals surface area contributed by atoms with E-state index in [1.807, 2.05) is 75.4 Å². The van der Waals surface area contributed by atoms with Crippen LogP contribution in [0.1, 0.15) is 50.0 Å². The first-order valence-corrected chi connectivity index (χ1v) is 13.4. The van der Waals surface area contributed by atoms with E-state index in [1.54, 1.807) is 19.1 Å². The van der Waals surface area contributed by atoms with Gasteiger partial charge in [0.15, 0.2) is 0 Å². The summed E-state index contributed by atoms with van der Waals surface area (Å²) < 4.78 is 11.0. The smallest absolute Gasteiger partial charge is 0.338 e. The molecule has 1 unspecified atom stereocenters. The average molecular weight is 534 g/mol. The number of thioether (sulfide) groups is 1. The predicted octanol–water partition coefficient (Wildman–Crippen LogP) is 6.60. The highest BCUT2D eigenvalue weighted by Gasteiger charge is 2.37. The van der Waals surface area contributed by atoms with Gasteiger partial charge in [0.25, 0.3) is 5.91 Å². The van der Waals surface area contributed by atoms with E-state index in [9.17, 15) is 14.4 Å². The molecule has 0 saturated carbocycles. The van der Waals surface area contributed by atoms with Crippen LogP contribution in [0.3, 0.4) is 0 Å². The number of rotatable bonds is 8. The van der Waals surface area contributed by atoms with Crippen molar-refractivity contribution >= 4 is 35.3 Å². The van der Waals surface area contributed by atoms with Crippen LogP contribution < -0.4 is 9.80 Å². The second kappa shape index (κ2) is 11.7. The van der Waals surface area contributed by atoms with Crippen molar-refractivity contribution in [2.75, 3.05) is 11.7 Å². The monoisotopic (exact) mass is 533 g/mol. The van der Waals surface area contributed by atoms with Crippen molar-refractivity contribution in [2.45, 2.75) is 50.7 Å². The minimum atomic E-state index is -0.528. The SMILES string of the molecule is CCOC(=O)c1ccc2c(c1)N(OC(=O)CC(C)(C)C)C(=O)C(Cc1ccc(Oc3ccccc3)cc1)S2. The summed E-state index contributed by atoms with van der Waals surface area (Å²) >= 11 is 1.38. The fourth-order valence-corrected chi connectivity index (χ4v) is 5.08. The molecule has 0 aliphatic carbocycles. The number of carbonyl (C=O) groups excluding carboxylic acids is 3. The maximum absolute atomic E-state index is 13.6. The summed E-state index contributed by atoms with van der Waals surface area (Å²) in [7, 11) is 0. The van der Waals surface area contributed by atoms with Crippen LogP contribution in [-0.4, -0.2) is 29.7 Å². The Hall–Kier alpha value is -3.78. The number of esters is 1. The number of fused-ring (bicyclic) bond motifs is 1. The maximum Gasteiger partial charge on any atom is 0.338 e. The van der Waals surface area contributed by atoms with Crippen LogP contribution in [0.4, 0.5) is 5.69 Å². The molecule has 7 nitrogen and oxygen atoms in total. The molecule has 1 aliphatic heterocycles. The van der Waals surface area contributed by atoms with E-state index in [-0.39, 0.29) is 29.9 Å². The van der Waals surface area contributed by atoms with Crippen LogP contribution in [0, 0.1) is 5.41 Å². The molecular weight excluding hydrogens is 502 g/mol. The standard InChI is InChI=1S/C30H31NO6S/c1-5-35-29(34)21-13-16-25-24(18-21)31(37-27(32)19-30(2,3)4)28(33)26(38-25)17-20-11-14-23(15-12-20)36-22-9-7-6-8-10-22/h6-16,18,26H,5,17,19H2,1-4H3. The van der Waals surface area contributed by atoms with Crippen LogP contribution in [0.25, 0.3) is 0 Å². The molecule has 0 bridgehead atoms. The number of anilines is 1. The molecule has 0 saturated heterocycles. The third kappa shape index (κ3) is 6.95. The molecule has 0 spiro atoms. The number of hydrogen-bond acceptors (Lipinski definition) is 7. The van der Waals surface area contributed by atoms with Gasteiger partial charge in [0.1, 0.15) is 11.5 Å². The minimum Gasteiger partial charge on any atom is -0.462 e. The van der Waals surface area contributed by atoms with Crippen molar-refractivity contribution in [1.29, 1.82) is 0 Å². The highest BCUT2D eigenvalue weighted by atomic mass is 32.2. The lowest BCUT2D eigenvalue weighted by molar-refractivity contribution is -0.152. The fourth-order valence-electron chi connectivity index (χ4n) is 3.89. The molecule has 3 aromatic rings. The Morgan fingerprint density at radius 1 is 0.947 bits per heavy atom. The normalized spacial score (nSPS) is 15.0. The van der Waals surface area contributed by atoms with Crippen molar-refractivity contribution < 1.29 is 28.7 Å². The summed E-state index contributed by atoms with van der Waals surface area (Å²) in [6, 6.07) is 22.0. The molecule has 38 heavy (non-hydrogen) atoms. The molecule has 1 aliphatic rings. The van der Waals surface area contributed by atoms with Crippen LogP contribution in [-0.2, 0) is 25.6 Å². The van der Waals surface area contributed by atoms with E-state index in [1.165, 1.54) is 17.8 Å². The molecule has 0 aromatic heterocycles.